The van der Waals surface area contributed by atoms with E-state index in [1.807, 2.05) is 12.1 Å². The molecule has 0 unspecified atom stereocenters. The molecule has 2 N–H and O–H groups in total. The van der Waals surface area contributed by atoms with Crippen LogP contribution in [0.5, 0.6) is 0 Å². The minimum atomic E-state index is -4.60. The molecule has 0 spiro atoms. The lowest BCUT2D eigenvalue weighted by atomic mass is 10.1. The summed E-state index contributed by atoms with van der Waals surface area (Å²) in [6, 6.07) is 16.3. The highest BCUT2D eigenvalue weighted by atomic mass is 19.4. The fraction of sp³-hybridized carbons (Fsp3) is 0.208. The Kier molecular flexibility index (Phi) is 6.22. The van der Waals surface area contributed by atoms with Crippen LogP contribution in [0.3, 0.4) is 0 Å². The first-order chi connectivity index (χ1) is 17.4. The highest BCUT2D eigenvalue weighted by Crippen LogP contribution is 2.28. The Labute approximate surface area is 204 Å². The number of hydrogen-bond acceptors (Lipinski definition) is 8. The molecule has 2 aromatic carbocycles. The molecule has 0 bridgehead atoms. The van der Waals surface area contributed by atoms with Crippen LogP contribution in [0, 0.1) is 11.3 Å². The smallest absolute Gasteiger partial charge is 0.369 e. The number of rotatable bonds is 5. The highest BCUT2D eigenvalue weighted by molar-refractivity contribution is 5.70. The lowest BCUT2D eigenvalue weighted by Gasteiger charge is -2.29. The van der Waals surface area contributed by atoms with Crippen LogP contribution in [0.15, 0.2) is 61.1 Å². The van der Waals surface area contributed by atoms with E-state index in [9.17, 15) is 18.4 Å². The number of nitrogens with one attached hydrogen (secondary N) is 2. The Morgan fingerprint density at radius 1 is 0.972 bits per heavy atom. The average molecular weight is 491 g/mol. The van der Waals surface area contributed by atoms with Crippen molar-refractivity contribution in [1.29, 1.82) is 5.26 Å². The summed E-state index contributed by atoms with van der Waals surface area (Å²) in [7, 11) is 0. The number of aromatic nitrogens is 5. The lowest BCUT2D eigenvalue weighted by molar-refractivity contribution is -0.144. The second-order valence-corrected chi connectivity index (χ2v) is 8.07. The normalized spacial score (nSPS) is 13.9. The number of piperazine rings is 1. The summed E-state index contributed by atoms with van der Waals surface area (Å²) in [5.41, 5.74) is 4.03. The topological polar surface area (TPSA) is 108 Å². The lowest BCUT2D eigenvalue weighted by Crippen LogP contribution is -2.43. The van der Waals surface area contributed by atoms with Crippen molar-refractivity contribution < 1.29 is 13.2 Å². The van der Waals surface area contributed by atoms with Crippen LogP contribution >= 0.6 is 0 Å². The Morgan fingerprint density at radius 3 is 2.44 bits per heavy atom. The van der Waals surface area contributed by atoms with Crippen LogP contribution in [0.25, 0.3) is 16.9 Å². The molecule has 9 nitrogen and oxygen atoms in total. The SMILES string of the molecule is N#Cc1cc(-c2ccnc(Nc3ccc(-n4cnc(C(F)(F)F)n4)cc3)n2)cc(N2CCNCC2)c1. The van der Waals surface area contributed by atoms with E-state index in [1.165, 1.54) is 0 Å². The molecule has 182 valence electrons. The molecule has 4 aromatic rings. The van der Waals surface area contributed by atoms with Crippen molar-refractivity contribution in [2.45, 2.75) is 6.18 Å². The second-order valence-electron chi connectivity index (χ2n) is 8.07. The largest absolute Gasteiger partial charge is 0.453 e. The fourth-order valence-electron chi connectivity index (χ4n) is 3.85. The summed E-state index contributed by atoms with van der Waals surface area (Å²) in [4.78, 5) is 14.4. The quantitative estimate of drug-likeness (QED) is 0.435. The highest BCUT2D eigenvalue weighted by Gasteiger charge is 2.35. The summed E-state index contributed by atoms with van der Waals surface area (Å²) in [6.45, 7) is 3.47. The van der Waals surface area contributed by atoms with Crippen LogP contribution in [0.2, 0.25) is 0 Å². The van der Waals surface area contributed by atoms with Gasteiger partial charge in [-0.05, 0) is 48.5 Å². The molecule has 3 heterocycles. The molecule has 12 heteroatoms. The van der Waals surface area contributed by atoms with E-state index < -0.39 is 12.0 Å². The molecule has 36 heavy (non-hydrogen) atoms. The first-order valence-corrected chi connectivity index (χ1v) is 11.1. The number of benzene rings is 2. The van der Waals surface area contributed by atoms with E-state index in [0.29, 0.717) is 28.6 Å². The molecular weight excluding hydrogens is 471 g/mol. The van der Waals surface area contributed by atoms with Crippen LogP contribution in [0.4, 0.5) is 30.5 Å². The van der Waals surface area contributed by atoms with Gasteiger partial charge >= 0.3 is 6.18 Å². The Balaban J connectivity index is 1.35. The first-order valence-electron chi connectivity index (χ1n) is 11.1. The standard InChI is InChI=1S/C24H20F3N9/c25-24(26,27)22-31-15-36(34-22)19-3-1-18(2-4-19)32-23-30-6-5-21(33-23)17-11-16(14-28)12-20(13-17)35-9-7-29-8-10-35/h1-6,11-13,15,29H,7-10H2,(H,30,32,33). The number of alkyl halides is 3. The number of nitriles is 1. The number of nitrogens with zero attached hydrogens (tertiary/aromatic N) is 7. The monoisotopic (exact) mass is 491 g/mol. The third-order valence-corrected chi connectivity index (χ3v) is 5.61. The number of hydrogen-bond donors (Lipinski definition) is 2. The van der Waals surface area contributed by atoms with E-state index in [1.54, 1.807) is 42.6 Å². The van der Waals surface area contributed by atoms with E-state index in [-0.39, 0.29) is 0 Å². The third kappa shape index (κ3) is 5.11. The van der Waals surface area contributed by atoms with Crippen LogP contribution in [-0.2, 0) is 6.18 Å². The van der Waals surface area contributed by atoms with Gasteiger partial charge in [0.15, 0.2) is 0 Å². The number of anilines is 3. The fourth-order valence-corrected chi connectivity index (χ4v) is 3.85. The minimum Gasteiger partial charge on any atom is -0.369 e. The molecule has 0 saturated carbocycles. The van der Waals surface area contributed by atoms with Crippen molar-refractivity contribution in [2.24, 2.45) is 0 Å². The van der Waals surface area contributed by atoms with Crippen molar-refractivity contribution in [1.82, 2.24) is 30.0 Å². The number of halogens is 3. The molecule has 1 aliphatic rings. The minimum absolute atomic E-state index is 0.339. The summed E-state index contributed by atoms with van der Waals surface area (Å²) in [5.74, 6) is -0.859. The zero-order valence-corrected chi connectivity index (χ0v) is 18.9. The van der Waals surface area contributed by atoms with Crippen LogP contribution in [0.1, 0.15) is 11.4 Å². The molecule has 0 atom stereocenters. The van der Waals surface area contributed by atoms with E-state index in [2.05, 4.69) is 41.7 Å². The zero-order valence-electron chi connectivity index (χ0n) is 18.9. The van der Waals surface area contributed by atoms with E-state index >= 15 is 0 Å². The molecule has 0 radical (unpaired) electrons. The molecule has 1 saturated heterocycles. The van der Waals surface area contributed by atoms with Crippen molar-refractivity contribution >= 4 is 17.3 Å². The van der Waals surface area contributed by atoms with Gasteiger partial charge in [-0.1, -0.05) is 0 Å². The van der Waals surface area contributed by atoms with Crippen LogP contribution < -0.4 is 15.5 Å². The van der Waals surface area contributed by atoms with Gasteiger partial charge in [-0.2, -0.15) is 18.4 Å². The summed E-state index contributed by atoms with van der Waals surface area (Å²) in [5, 5.41) is 19.4. The van der Waals surface area contributed by atoms with Gasteiger partial charge in [-0.15, -0.1) is 5.10 Å². The van der Waals surface area contributed by atoms with Gasteiger partial charge in [0, 0.05) is 49.3 Å². The van der Waals surface area contributed by atoms with E-state index in [4.69, 9.17) is 0 Å². The van der Waals surface area contributed by atoms with Gasteiger partial charge < -0.3 is 15.5 Å². The Hall–Kier alpha value is -4.50. The summed E-state index contributed by atoms with van der Waals surface area (Å²) >= 11 is 0. The maximum Gasteiger partial charge on any atom is 0.453 e. The molecule has 0 aliphatic carbocycles. The average Bonchev–Trinajstić information content (AvgIpc) is 3.41. The van der Waals surface area contributed by atoms with Gasteiger partial charge in [-0.3, -0.25) is 0 Å². The molecule has 1 aliphatic heterocycles. The van der Waals surface area contributed by atoms with Crippen LogP contribution in [-0.4, -0.2) is 50.9 Å². The first kappa shape index (κ1) is 23.3. The van der Waals surface area contributed by atoms with Crippen molar-refractivity contribution in [2.75, 3.05) is 36.4 Å². The predicted molar refractivity (Wildman–Crippen MR) is 127 cm³/mol. The third-order valence-electron chi connectivity index (χ3n) is 5.61. The molecule has 1 fully saturated rings. The Morgan fingerprint density at radius 2 is 1.75 bits per heavy atom. The van der Waals surface area contributed by atoms with Crippen molar-refractivity contribution in [3.05, 3.63) is 72.4 Å². The molecule has 2 aromatic heterocycles. The van der Waals surface area contributed by atoms with Crippen molar-refractivity contribution in [3.8, 4) is 23.0 Å². The molecular formula is C24H20F3N9. The van der Waals surface area contributed by atoms with Gasteiger partial charge in [-0.25, -0.2) is 19.6 Å². The zero-order chi connectivity index (χ0) is 25.1. The summed E-state index contributed by atoms with van der Waals surface area (Å²) < 4.78 is 39.3. The van der Waals surface area contributed by atoms with Gasteiger partial charge in [0.1, 0.15) is 6.33 Å². The predicted octanol–water partition coefficient (Wildman–Crippen LogP) is 3.77. The Bertz CT molecular complexity index is 1400. The van der Waals surface area contributed by atoms with E-state index in [0.717, 1.165) is 48.4 Å². The van der Waals surface area contributed by atoms with Gasteiger partial charge in [0.05, 0.1) is 23.0 Å². The molecule has 0 amide bonds. The maximum absolute atomic E-state index is 12.8. The second kappa shape index (κ2) is 9.63. The van der Waals surface area contributed by atoms with Gasteiger partial charge in [0.2, 0.25) is 5.95 Å². The summed E-state index contributed by atoms with van der Waals surface area (Å²) in [6.07, 6.45) is -1.97. The van der Waals surface area contributed by atoms with Crippen molar-refractivity contribution in [3.63, 3.8) is 0 Å². The molecule has 5 rings (SSSR count). The maximum atomic E-state index is 12.8. The van der Waals surface area contributed by atoms with Gasteiger partial charge in [0.25, 0.3) is 5.82 Å².